The normalized spacial score (nSPS) is 17.0. The van der Waals surface area contributed by atoms with Crippen molar-refractivity contribution in [2.45, 2.75) is 19.1 Å². The molecule has 0 amide bonds. The summed E-state index contributed by atoms with van der Waals surface area (Å²) >= 11 is 0. The first-order valence-corrected chi connectivity index (χ1v) is 8.12. The number of aromatic nitrogens is 4. The molecule has 3 aromatic heterocycles. The first kappa shape index (κ1) is 16.6. The highest BCUT2D eigenvalue weighted by Gasteiger charge is 2.34. The number of aliphatic imine (C=N–C) groups is 1. The van der Waals surface area contributed by atoms with E-state index in [2.05, 4.69) is 10.1 Å². The molecule has 0 aromatic carbocycles. The number of imidazole rings is 1. The summed E-state index contributed by atoms with van der Waals surface area (Å²) in [7, 11) is 1.61. The number of methoxy groups -OCH3 is 1. The fraction of sp³-hybridized carbons (Fsp3) is 0.400. The first-order valence-electron chi connectivity index (χ1n) is 8.12. The van der Waals surface area contributed by atoms with Crippen LogP contribution in [-0.2, 0) is 11.3 Å². The lowest BCUT2D eigenvalue weighted by Crippen LogP contribution is -2.45. The van der Waals surface area contributed by atoms with Gasteiger partial charge < -0.3 is 14.3 Å². The Balaban J connectivity index is 1.92. The van der Waals surface area contributed by atoms with Crippen molar-refractivity contribution < 1.29 is 14.3 Å². The van der Waals surface area contributed by atoms with E-state index in [0.717, 1.165) is 0 Å². The van der Waals surface area contributed by atoms with Gasteiger partial charge in [-0.25, -0.2) is 20.3 Å². The molecule has 0 aliphatic carbocycles. The Morgan fingerprint density at radius 2 is 2.35 bits per heavy atom. The molecule has 0 radical (unpaired) electrons. The zero-order valence-electron chi connectivity index (χ0n) is 14.1. The van der Waals surface area contributed by atoms with Gasteiger partial charge in [-0.2, -0.15) is 4.98 Å². The Kier molecular flexibility index (Phi) is 4.11. The summed E-state index contributed by atoms with van der Waals surface area (Å²) in [5, 5.41) is 13.4. The van der Waals surface area contributed by atoms with Crippen LogP contribution in [0.4, 0.5) is 5.82 Å². The molecule has 3 aromatic rings. The second-order valence-electron chi connectivity index (χ2n) is 5.84. The number of nitrogens with one attached hydrogen (secondary N) is 1. The lowest BCUT2D eigenvalue weighted by Gasteiger charge is -2.29. The summed E-state index contributed by atoms with van der Waals surface area (Å²) in [4.78, 5) is 21.4. The molecule has 11 heteroatoms. The number of furan rings is 1. The van der Waals surface area contributed by atoms with Gasteiger partial charge in [0.1, 0.15) is 17.6 Å². The van der Waals surface area contributed by atoms with Crippen molar-refractivity contribution in [3.63, 3.8) is 0 Å². The van der Waals surface area contributed by atoms with Gasteiger partial charge in [0.05, 0.1) is 26.0 Å². The molecule has 0 spiro atoms. The van der Waals surface area contributed by atoms with Crippen LogP contribution in [0.1, 0.15) is 17.9 Å². The van der Waals surface area contributed by atoms with Crippen LogP contribution in [0.2, 0.25) is 0 Å². The number of ether oxygens (including phenoxy) is 1. The number of hydrazine groups is 1. The lowest BCUT2D eigenvalue weighted by atomic mass is 10.1. The number of nitrogens with two attached hydrogens (primary N) is 1. The van der Waals surface area contributed by atoms with E-state index in [1.54, 1.807) is 25.5 Å². The number of aliphatic hydroxyl groups is 1. The van der Waals surface area contributed by atoms with E-state index >= 15 is 0 Å². The van der Waals surface area contributed by atoms with Crippen LogP contribution in [-0.4, -0.2) is 56.5 Å². The molecule has 0 saturated carbocycles. The van der Waals surface area contributed by atoms with Crippen LogP contribution in [0.3, 0.4) is 0 Å². The van der Waals surface area contributed by atoms with Gasteiger partial charge in [-0.1, -0.05) is 0 Å². The molecule has 4 rings (SSSR count). The molecule has 4 heterocycles. The number of aromatic amines is 1. The van der Waals surface area contributed by atoms with Gasteiger partial charge >= 0.3 is 5.69 Å². The monoisotopic (exact) mass is 361 g/mol. The van der Waals surface area contributed by atoms with Crippen LogP contribution in [0.5, 0.6) is 0 Å². The molecular formula is C15H19N7O4. The lowest BCUT2D eigenvalue weighted by molar-refractivity contribution is 0.187. The summed E-state index contributed by atoms with van der Waals surface area (Å²) in [6.07, 6.45) is 1.72. The average Bonchev–Trinajstić information content (AvgIpc) is 3.33. The average molecular weight is 361 g/mol. The topological polar surface area (TPSA) is 139 Å². The SMILES string of the molecule is COCCC1N=C(c2ccco2)c2c(nc3n(CCO)c(=O)[nH]n23)N1N. The number of hydrogen-bond donors (Lipinski definition) is 3. The van der Waals surface area contributed by atoms with Crippen molar-refractivity contribution in [2.24, 2.45) is 10.8 Å². The molecule has 26 heavy (non-hydrogen) atoms. The Morgan fingerprint density at radius 1 is 1.50 bits per heavy atom. The molecule has 0 fully saturated rings. The highest BCUT2D eigenvalue weighted by Crippen LogP contribution is 2.29. The number of fused-ring (bicyclic) bond motifs is 3. The van der Waals surface area contributed by atoms with Gasteiger partial charge in [0.2, 0.25) is 5.78 Å². The summed E-state index contributed by atoms with van der Waals surface area (Å²) in [5.74, 6) is 7.59. The van der Waals surface area contributed by atoms with Crippen molar-refractivity contribution in [1.82, 2.24) is 19.2 Å². The second-order valence-corrected chi connectivity index (χ2v) is 5.84. The molecule has 138 valence electrons. The molecule has 11 nitrogen and oxygen atoms in total. The highest BCUT2D eigenvalue weighted by atomic mass is 16.5. The maximum atomic E-state index is 12.2. The van der Waals surface area contributed by atoms with Gasteiger partial charge in [0, 0.05) is 13.5 Å². The third-order valence-corrected chi connectivity index (χ3v) is 4.26. The van der Waals surface area contributed by atoms with Gasteiger partial charge in [0.25, 0.3) is 0 Å². The smallest absolute Gasteiger partial charge is 0.343 e. The molecule has 1 aliphatic heterocycles. The predicted octanol–water partition coefficient (Wildman–Crippen LogP) is -0.697. The van der Waals surface area contributed by atoms with Crippen molar-refractivity contribution in [2.75, 3.05) is 25.3 Å². The standard InChI is InChI=1S/C15H19N7O4/c1-25-8-4-10-17-11(9-3-2-7-26-9)12-13(21(10)16)18-14-20(5-6-23)15(24)19-22(12)14/h2-3,7,10,23H,4-6,8,16H2,1H3,(H,19,24). The van der Waals surface area contributed by atoms with E-state index < -0.39 is 0 Å². The Labute approximate surface area is 147 Å². The van der Waals surface area contributed by atoms with Crippen LogP contribution < -0.4 is 16.5 Å². The van der Waals surface area contributed by atoms with Crippen LogP contribution in [0.15, 0.2) is 32.6 Å². The highest BCUT2D eigenvalue weighted by molar-refractivity contribution is 6.14. The minimum Gasteiger partial charge on any atom is -0.463 e. The molecule has 1 atom stereocenters. The third-order valence-electron chi connectivity index (χ3n) is 4.26. The summed E-state index contributed by atoms with van der Waals surface area (Å²) in [6, 6.07) is 3.54. The van der Waals surface area contributed by atoms with E-state index in [9.17, 15) is 9.90 Å². The Hall–Kier alpha value is -2.89. The van der Waals surface area contributed by atoms with E-state index in [1.165, 1.54) is 14.1 Å². The van der Waals surface area contributed by atoms with E-state index in [-0.39, 0.29) is 25.0 Å². The maximum Gasteiger partial charge on any atom is 0.343 e. The number of H-pyrrole nitrogens is 1. The third kappa shape index (κ3) is 2.44. The van der Waals surface area contributed by atoms with Gasteiger partial charge in [0.15, 0.2) is 11.6 Å². The number of hydrogen-bond acceptors (Lipinski definition) is 8. The molecule has 1 aliphatic rings. The van der Waals surface area contributed by atoms with E-state index in [1.807, 2.05) is 0 Å². The van der Waals surface area contributed by atoms with Crippen LogP contribution in [0, 0.1) is 0 Å². The number of rotatable bonds is 6. The zero-order chi connectivity index (χ0) is 18.3. The fourth-order valence-electron chi connectivity index (χ4n) is 3.06. The maximum absolute atomic E-state index is 12.2. The van der Waals surface area contributed by atoms with Gasteiger partial charge in [-0.05, 0) is 12.1 Å². The number of anilines is 1. The second kappa shape index (κ2) is 6.44. The summed E-state index contributed by atoms with van der Waals surface area (Å²) in [6.45, 7) is 0.406. The molecule has 1 unspecified atom stereocenters. The Bertz CT molecular complexity index is 997. The minimum atomic E-state index is -0.389. The van der Waals surface area contributed by atoms with Gasteiger partial charge in [-0.15, -0.1) is 0 Å². The van der Waals surface area contributed by atoms with E-state index in [0.29, 0.717) is 41.8 Å². The zero-order valence-corrected chi connectivity index (χ0v) is 14.1. The summed E-state index contributed by atoms with van der Waals surface area (Å²) < 4.78 is 13.5. The van der Waals surface area contributed by atoms with Crippen molar-refractivity contribution in [3.8, 4) is 0 Å². The quantitative estimate of drug-likeness (QED) is 0.493. The largest absolute Gasteiger partial charge is 0.463 e. The van der Waals surface area contributed by atoms with Gasteiger partial charge in [-0.3, -0.25) is 14.6 Å². The molecule has 0 bridgehead atoms. The molecular weight excluding hydrogens is 342 g/mol. The minimum absolute atomic E-state index is 0.118. The van der Waals surface area contributed by atoms with Crippen LogP contribution >= 0.6 is 0 Å². The Morgan fingerprint density at radius 3 is 3.04 bits per heavy atom. The van der Waals surface area contributed by atoms with Crippen molar-refractivity contribution in [3.05, 3.63) is 40.3 Å². The fourth-order valence-corrected chi connectivity index (χ4v) is 3.06. The number of nitrogens with zero attached hydrogens (tertiary/aromatic N) is 5. The van der Waals surface area contributed by atoms with E-state index in [4.69, 9.17) is 20.0 Å². The van der Waals surface area contributed by atoms with Crippen molar-refractivity contribution in [1.29, 1.82) is 0 Å². The van der Waals surface area contributed by atoms with Crippen LogP contribution in [0.25, 0.3) is 5.78 Å². The first-order chi connectivity index (χ1) is 12.7. The summed E-state index contributed by atoms with van der Waals surface area (Å²) in [5.41, 5.74) is 0.686. The number of aliphatic hydroxyl groups excluding tert-OH is 1. The van der Waals surface area contributed by atoms with Crippen molar-refractivity contribution >= 4 is 17.3 Å². The molecule has 4 N–H and O–H groups in total. The molecule has 0 saturated heterocycles. The predicted molar refractivity (Wildman–Crippen MR) is 92.2 cm³/mol.